The largest absolute Gasteiger partial charge is 0.459 e. The summed E-state index contributed by atoms with van der Waals surface area (Å²) in [6.45, 7) is 4.11. The molecule has 3 atom stereocenters. The second-order valence-corrected chi connectivity index (χ2v) is 10.6. The SMILES string of the molecule is CC(C)C[C@H](NC(=O)[C@@H]1Cc2c([nH]c3ccccc23)[C@@H](c2ccc([N+](=O)[O-])cc2)N1)C(=O)OCc1ccccc1. The first kappa shape index (κ1) is 27.1. The van der Waals surface area contributed by atoms with Gasteiger partial charge in [-0.25, -0.2) is 4.79 Å². The molecule has 1 aromatic heterocycles. The van der Waals surface area contributed by atoms with Crippen molar-refractivity contribution in [2.75, 3.05) is 0 Å². The zero-order valence-electron chi connectivity index (χ0n) is 22.4. The van der Waals surface area contributed by atoms with E-state index in [-0.39, 0.29) is 24.1 Å². The monoisotopic (exact) mass is 540 g/mol. The van der Waals surface area contributed by atoms with Crippen LogP contribution in [-0.4, -0.2) is 33.9 Å². The summed E-state index contributed by atoms with van der Waals surface area (Å²) < 4.78 is 5.57. The summed E-state index contributed by atoms with van der Waals surface area (Å²) in [5.74, 6) is -0.617. The van der Waals surface area contributed by atoms with Gasteiger partial charge in [-0.05, 0) is 41.5 Å². The van der Waals surface area contributed by atoms with Crippen LogP contribution in [0.25, 0.3) is 10.9 Å². The number of non-ortho nitro benzene ring substituents is 1. The number of amides is 1. The molecule has 9 heteroatoms. The average Bonchev–Trinajstić information content (AvgIpc) is 3.34. The minimum atomic E-state index is -0.791. The van der Waals surface area contributed by atoms with Crippen LogP contribution in [0, 0.1) is 16.0 Å². The van der Waals surface area contributed by atoms with Crippen molar-refractivity contribution < 1.29 is 19.2 Å². The summed E-state index contributed by atoms with van der Waals surface area (Å²) in [6, 6.07) is 21.8. The number of nitrogens with zero attached hydrogens (tertiary/aromatic N) is 1. The van der Waals surface area contributed by atoms with Gasteiger partial charge in [0.05, 0.1) is 17.0 Å². The van der Waals surface area contributed by atoms with E-state index in [0.29, 0.717) is 12.8 Å². The molecule has 0 spiro atoms. The van der Waals surface area contributed by atoms with Crippen molar-refractivity contribution in [3.05, 3.63) is 111 Å². The van der Waals surface area contributed by atoms with Crippen LogP contribution in [0.2, 0.25) is 0 Å². The summed E-state index contributed by atoms with van der Waals surface area (Å²) >= 11 is 0. The van der Waals surface area contributed by atoms with Crippen molar-refractivity contribution in [3.8, 4) is 0 Å². The lowest BCUT2D eigenvalue weighted by Crippen LogP contribution is -2.54. The molecule has 0 bridgehead atoms. The Balaban J connectivity index is 1.39. The lowest BCUT2D eigenvalue weighted by molar-refractivity contribution is -0.384. The maximum absolute atomic E-state index is 13.7. The number of rotatable bonds is 9. The molecule has 206 valence electrons. The number of aromatic amines is 1. The van der Waals surface area contributed by atoms with Crippen LogP contribution in [0.4, 0.5) is 5.69 Å². The minimum Gasteiger partial charge on any atom is -0.459 e. The Morgan fingerprint density at radius 1 is 1.02 bits per heavy atom. The zero-order valence-corrected chi connectivity index (χ0v) is 22.4. The molecule has 0 unspecified atom stereocenters. The first-order valence-electron chi connectivity index (χ1n) is 13.4. The molecule has 3 N–H and O–H groups in total. The number of nitro groups is 1. The number of benzene rings is 3. The minimum absolute atomic E-state index is 0.00346. The highest BCUT2D eigenvalue weighted by Gasteiger charge is 2.36. The number of para-hydroxylation sites is 1. The van der Waals surface area contributed by atoms with Crippen LogP contribution >= 0.6 is 0 Å². The molecule has 3 aromatic carbocycles. The van der Waals surface area contributed by atoms with Crippen molar-refractivity contribution in [1.82, 2.24) is 15.6 Å². The summed E-state index contributed by atoms with van der Waals surface area (Å²) in [5, 5.41) is 18.6. The van der Waals surface area contributed by atoms with E-state index in [1.54, 1.807) is 12.1 Å². The van der Waals surface area contributed by atoms with E-state index >= 15 is 0 Å². The first-order chi connectivity index (χ1) is 19.3. The molecular weight excluding hydrogens is 508 g/mol. The molecular formula is C31H32N4O5. The number of aromatic nitrogens is 1. The molecule has 0 saturated carbocycles. The standard InChI is InChI=1S/C31H32N4O5/c1-19(2)16-27(31(37)40-18-20-8-4-3-5-9-20)34-30(36)26-17-24-23-10-6-7-11-25(23)32-29(24)28(33-26)21-12-14-22(15-13-21)35(38)39/h3-15,19,26-28,32-33H,16-18H2,1-2H3,(H,34,36)/t26-,27-,28+/m0/s1. The number of hydrogen-bond donors (Lipinski definition) is 3. The molecule has 1 amide bonds. The zero-order chi connectivity index (χ0) is 28.2. The van der Waals surface area contributed by atoms with E-state index in [4.69, 9.17) is 4.74 Å². The number of fused-ring (bicyclic) bond motifs is 3. The van der Waals surface area contributed by atoms with Crippen LogP contribution in [0.5, 0.6) is 0 Å². The van der Waals surface area contributed by atoms with Crippen LogP contribution in [0.15, 0.2) is 78.9 Å². The molecule has 1 aliphatic rings. The van der Waals surface area contributed by atoms with Crippen LogP contribution in [-0.2, 0) is 27.4 Å². The van der Waals surface area contributed by atoms with Gasteiger partial charge in [-0.1, -0.05) is 74.5 Å². The Labute approximate surface area is 232 Å². The third kappa shape index (κ3) is 5.89. The fourth-order valence-electron chi connectivity index (χ4n) is 5.24. The number of hydrogen-bond acceptors (Lipinski definition) is 6. The maximum atomic E-state index is 13.7. The fourth-order valence-corrected chi connectivity index (χ4v) is 5.24. The Morgan fingerprint density at radius 2 is 1.73 bits per heavy atom. The molecule has 5 rings (SSSR count). The maximum Gasteiger partial charge on any atom is 0.328 e. The summed E-state index contributed by atoms with van der Waals surface area (Å²) in [7, 11) is 0. The van der Waals surface area contributed by atoms with Gasteiger partial charge in [0.15, 0.2) is 0 Å². The number of esters is 1. The number of ether oxygens (including phenoxy) is 1. The van der Waals surface area contributed by atoms with Crippen molar-refractivity contribution in [3.63, 3.8) is 0 Å². The van der Waals surface area contributed by atoms with E-state index in [9.17, 15) is 19.7 Å². The molecule has 2 heterocycles. The average molecular weight is 541 g/mol. The van der Waals surface area contributed by atoms with Gasteiger partial charge in [0, 0.05) is 28.7 Å². The molecule has 9 nitrogen and oxygen atoms in total. The summed E-state index contributed by atoms with van der Waals surface area (Å²) in [6.07, 6.45) is 0.859. The molecule has 0 aliphatic carbocycles. The summed E-state index contributed by atoms with van der Waals surface area (Å²) in [5.41, 5.74) is 4.53. The van der Waals surface area contributed by atoms with Crippen molar-refractivity contribution in [1.29, 1.82) is 0 Å². The highest BCUT2D eigenvalue weighted by molar-refractivity contribution is 5.90. The third-order valence-electron chi connectivity index (χ3n) is 7.20. The lowest BCUT2D eigenvalue weighted by Gasteiger charge is -2.32. The van der Waals surface area contributed by atoms with Crippen molar-refractivity contribution >= 4 is 28.5 Å². The Bertz CT molecular complexity index is 1510. The van der Waals surface area contributed by atoms with E-state index in [1.165, 1.54) is 12.1 Å². The quantitative estimate of drug-likeness (QED) is 0.157. The number of carbonyl (C=O) groups excluding carboxylic acids is 2. The van der Waals surface area contributed by atoms with Crippen LogP contribution in [0.3, 0.4) is 0 Å². The highest BCUT2D eigenvalue weighted by Crippen LogP contribution is 2.35. The molecule has 0 saturated heterocycles. The van der Waals surface area contributed by atoms with Gasteiger partial charge in [-0.3, -0.25) is 20.2 Å². The fraction of sp³-hybridized carbons (Fsp3) is 0.290. The number of nitro benzene ring substituents is 1. The van der Waals surface area contributed by atoms with E-state index in [0.717, 1.165) is 33.3 Å². The van der Waals surface area contributed by atoms with Gasteiger partial charge in [0.25, 0.3) is 5.69 Å². The second-order valence-electron chi connectivity index (χ2n) is 10.6. The second kappa shape index (κ2) is 11.7. The normalized spacial score (nSPS) is 17.3. The van der Waals surface area contributed by atoms with Crippen LogP contribution in [0.1, 0.15) is 48.7 Å². The lowest BCUT2D eigenvalue weighted by atomic mass is 9.89. The van der Waals surface area contributed by atoms with E-state index in [1.807, 2.05) is 68.4 Å². The van der Waals surface area contributed by atoms with Gasteiger partial charge >= 0.3 is 5.97 Å². The topological polar surface area (TPSA) is 126 Å². The van der Waals surface area contributed by atoms with Gasteiger partial charge in [0.1, 0.15) is 12.6 Å². The molecule has 1 aliphatic heterocycles. The Morgan fingerprint density at radius 3 is 2.42 bits per heavy atom. The highest BCUT2D eigenvalue weighted by atomic mass is 16.6. The molecule has 0 radical (unpaired) electrons. The van der Waals surface area contributed by atoms with Crippen molar-refractivity contribution in [2.24, 2.45) is 5.92 Å². The van der Waals surface area contributed by atoms with Gasteiger partial charge in [0.2, 0.25) is 5.91 Å². The number of nitrogens with one attached hydrogen (secondary N) is 3. The Hall–Kier alpha value is -4.50. The van der Waals surface area contributed by atoms with Crippen LogP contribution < -0.4 is 10.6 Å². The van der Waals surface area contributed by atoms with Gasteiger partial charge in [-0.15, -0.1) is 0 Å². The smallest absolute Gasteiger partial charge is 0.328 e. The molecule has 40 heavy (non-hydrogen) atoms. The third-order valence-corrected chi connectivity index (χ3v) is 7.20. The van der Waals surface area contributed by atoms with E-state index in [2.05, 4.69) is 15.6 Å². The van der Waals surface area contributed by atoms with Gasteiger partial charge in [-0.2, -0.15) is 0 Å². The Kier molecular flexibility index (Phi) is 7.93. The predicted octanol–water partition coefficient (Wildman–Crippen LogP) is 4.95. The summed E-state index contributed by atoms with van der Waals surface area (Å²) in [4.78, 5) is 41.0. The molecule has 0 fully saturated rings. The first-order valence-corrected chi connectivity index (χ1v) is 13.4. The predicted molar refractivity (Wildman–Crippen MR) is 151 cm³/mol. The molecule has 4 aromatic rings. The van der Waals surface area contributed by atoms with Gasteiger partial charge < -0.3 is 15.0 Å². The number of H-pyrrole nitrogens is 1. The number of carbonyl (C=O) groups is 2. The van der Waals surface area contributed by atoms with Crippen molar-refractivity contribution in [2.45, 2.75) is 51.4 Å². The van der Waals surface area contributed by atoms with E-state index < -0.39 is 29.0 Å².